The Morgan fingerprint density at radius 1 is 1.71 bits per heavy atom. The van der Waals surface area contributed by atoms with Crippen molar-refractivity contribution in [3.05, 3.63) is 17.3 Å². The number of halogens is 1. The summed E-state index contributed by atoms with van der Waals surface area (Å²) in [5, 5.41) is 0.477. The normalized spacial score (nSPS) is 20.6. The number of nitrogen functional groups attached to an aromatic ring is 1. The summed E-state index contributed by atoms with van der Waals surface area (Å²) in [6.45, 7) is 2.70. The Balaban J connectivity index is 2.20. The first kappa shape index (κ1) is 12.4. The fourth-order valence-corrected chi connectivity index (χ4v) is 1.99. The quantitative estimate of drug-likeness (QED) is 0.881. The third-order valence-corrected chi connectivity index (χ3v) is 3.07. The Labute approximate surface area is 105 Å². The first-order valence-corrected chi connectivity index (χ1v) is 5.84. The molecule has 2 heterocycles. The lowest BCUT2D eigenvalue weighted by molar-refractivity contribution is 0.0598. The first-order chi connectivity index (χ1) is 8.22. The molecule has 0 radical (unpaired) electrons. The maximum atomic E-state index is 5.86. The van der Waals surface area contributed by atoms with E-state index in [1.54, 1.807) is 19.4 Å². The van der Waals surface area contributed by atoms with Crippen LogP contribution in [0.3, 0.4) is 0 Å². The SMILES string of the molecule is COCC1COCCN1c1cc(N)c(Cl)cn1. The summed E-state index contributed by atoms with van der Waals surface area (Å²) >= 11 is 5.86. The third kappa shape index (κ3) is 2.80. The minimum Gasteiger partial charge on any atom is -0.397 e. The summed E-state index contributed by atoms with van der Waals surface area (Å²) < 4.78 is 10.6. The van der Waals surface area contributed by atoms with Crippen molar-refractivity contribution in [1.29, 1.82) is 0 Å². The van der Waals surface area contributed by atoms with E-state index >= 15 is 0 Å². The van der Waals surface area contributed by atoms with Gasteiger partial charge in [-0.1, -0.05) is 11.6 Å². The number of hydrogen-bond donors (Lipinski definition) is 1. The highest BCUT2D eigenvalue weighted by atomic mass is 35.5. The van der Waals surface area contributed by atoms with Gasteiger partial charge in [0.05, 0.1) is 36.6 Å². The molecule has 0 bridgehead atoms. The van der Waals surface area contributed by atoms with Crippen LogP contribution < -0.4 is 10.6 Å². The van der Waals surface area contributed by atoms with Gasteiger partial charge in [-0.25, -0.2) is 4.98 Å². The summed E-state index contributed by atoms with van der Waals surface area (Å²) in [6, 6.07) is 1.96. The highest BCUT2D eigenvalue weighted by molar-refractivity contribution is 6.32. The van der Waals surface area contributed by atoms with Gasteiger partial charge in [-0.05, 0) is 0 Å². The Kier molecular flexibility index (Phi) is 4.04. The number of hydrogen-bond acceptors (Lipinski definition) is 5. The second-order valence-electron chi connectivity index (χ2n) is 3.94. The zero-order valence-corrected chi connectivity index (χ0v) is 10.5. The first-order valence-electron chi connectivity index (χ1n) is 5.46. The highest BCUT2D eigenvalue weighted by Gasteiger charge is 2.24. The second-order valence-corrected chi connectivity index (χ2v) is 4.35. The lowest BCUT2D eigenvalue weighted by atomic mass is 10.2. The second kappa shape index (κ2) is 5.53. The van der Waals surface area contributed by atoms with Crippen LogP contribution in [0.15, 0.2) is 12.3 Å². The van der Waals surface area contributed by atoms with Gasteiger partial charge in [0.1, 0.15) is 5.82 Å². The summed E-state index contributed by atoms with van der Waals surface area (Å²) in [7, 11) is 1.68. The molecule has 0 saturated carbocycles. The lowest BCUT2D eigenvalue weighted by Crippen LogP contribution is -2.48. The molecule has 6 heteroatoms. The fraction of sp³-hybridized carbons (Fsp3) is 0.545. The van der Waals surface area contributed by atoms with Crippen LogP contribution in [-0.4, -0.2) is 44.5 Å². The van der Waals surface area contributed by atoms with Gasteiger partial charge in [0, 0.05) is 25.9 Å². The number of nitrogens with zero attached hydrogens (tertiary/aromatic N) is 2. The zero-order chi connectivity index (χ0) is 12.3. The molecular formula is C11H16ClN3O2. The molecule has 5 nitrogen and oxygen atoms in total. The smallest absolute Gasteiger partial charge is 0.131 e. The summed E-state index contributed by atoms with van der Waals surface area (Å²) in [5.41, 5.74) is 6.33. The van der Waals surface area contributed by atoms with Gasteiger partial charge in [-0.3, -0.25) is 0 Å². The van der Waals surface area contributed by atoms with E-state index in [0.29, 0.717) is 30.5 Å². The minimum absolute atomic E-state index is 0.168. The zero-order valence-electron chi connectivity index (χ0n) is 9.73. The van der Waals surface area contributed by atoms with E-state index < -0.39 is 0 Å². The average Bonchev–Trinajstić information content (AvgIpc) is 2.34. The molecule has 94 valence electrons. The van der Waals surface area contributed by atoms with Crippen LogP contribution in [0, 0.1) is 0 Å². The van der Waals surface area contributed by atoms with Crippen LogP contribution >= 0.6 is 11.6 Å². The molecule has 0 aromatic carbocycles. The number of methoxy groups -OCH3 is 1. The number of pyridine rings is 1. The Hall–Kier alpha value is -1.04. The van der Waals surface area contributed by atoms with Crippen LogP contribution in [-0.2, 0) is 9.47 Å². The van der Waals surface area contributed by atoms with Crippen LogP contribution in [0.25, 0.3) is 0 Å². The number of anilines is 2. The summed E-state index contributed by atoms with van der Waals surface area (Å²) in [6.07, 6.45) is 1.57. The molecule has 1 aromatic heterocycles. The van der Waals surface area contributed by atoms with Crippen LogP contribution in [0.2, 0.25) is 5.02 Å². The maximum absolute atomic E-state index is 5.86. The molecule has 0 spiro atoms. The van der Waals surface area contributed by atoms with Gasteiger partial charge in [0.25, 0.3) is 0 Å². The van der Waals surface area contributed by atoms with E-state index in [-0.39, 0.29) is 6.04 Å². The predicted octanol–water partition coefficient (Wildman–Crippen LogP) is 1.17. The van der Waals surface area contributed by atoms with E-state index in [1.165, 1.54) is 0 Å². The molecule has 2 rings (SSSR count). The summed E-state index contributed by atoms with van der Waals surface area (Å²) in [4.78, 5) is 6.44. The van der Waals surface area contributed by atoms with Crippen molar-refractivity contribution in [2.45, 2.75) is 6.04 Å². The highest BCUT2D eigenvalue weighted by Crippen LogP contribution is 2.24. The van der Waals surface area contributed by atoms with E-state index in [2.05, 4.69) is 9.88 Å². The maximum Gasteiger partial charge on any atom is 0.131 e. The van der Waals surface area contributed by atoms with E-state index in [1.807, 2.05) is 0 Å². The van der Waals surface area contributed by atoms with E-state index in [9.17, 15) is 0 Å². The van der Waals surface area contributed by atoms with Crippen molar-refractivity contribution in [3.8, 4) is 0 Å². The molecule has 1 fully saturated rings. The van der Waals surface area contributed by atoms with Crippen LogP contribution in [0.1, 0.15) is 0 Å². The van der Waals surface area contributed by atoms with Gasteiger partial charge in [0.2, 0.25) is 0 Å². The summed E-state index contributed by atoms with van der Waals surface area (Å²) in [5.74, 6) is 0.817. The Morgan fingerprint density at radius 3 is 3.24 bits per heavy atom. The van der Waals surface area contributed by atoms with Gasteiger partial charge >= 0.3 is 0 Å². The number of nitrogens with two attached hydrogens (primary N) is 1. The van der Waals surface area contributed by atoms with Crippen molar-refractivity contribution < 1.29 is 9.47 Å². The molecule has 0 aliphatic carbocycles. The minimum atomic E-state index is 0.168. The third-order valence-electron chi connectivity index (χ3n) is 2.75. The van der Waals surface area contributed by atoms with Crippen molar-refractivity contribution in [1.82, 2.24) is 4.98 Å². The molecule has 1 unspecified atom stereocenters. The average molecular weight is 258 g/mol. The largest absolute Gasteiger partial charge is 0.397 e. The van der Waals surface area contributed by atoms with Crippen molar-refractivity contribution in [2.75, 3.05) is 44.1 Å². The molecule has 1 aromatic rings. The van der Waals surface area contributed by atoms with Gasteiger partial charge in [-0.15, -0.1) is 0 Å². The molecular weight excluding hydrogens is 242 g/mol. The van der Waals surface area contributed by atoms with Gasteiger partial charge in [-0.2, -0.15) is 0 Å². The lowest BCUT2D eigenvalue weighted by Gasteiger charge is -2.36. The molecule has 1 aliphatic heterocycles. The molecule has 1 saturated heterocycles. The van der Waals surface area contributed by atoms with Crippen molar-refractivity contribution >= 4 is 23.1 Å². The molecule has 1 aliphatic rings. The van der Waals surface area contributed by atoms with E-state index in [4.69, 9.17) is 26.8 Å². The number of morpholine rings is 1. The number of aromatic nitrogens is 1. The van der Waals surface area contributed by atoms with Gasteiger partial charge in [0.15, 0.2) is 0 Å². The van der Waals surface area contributed by atoms with Crippen LogP contribution in [0.4, 0.5) is 11.5 Å². The molecule has 17 heavy (non-hydrogen) atoms. The fourth-order valence-electron chi connectivity index (χ4n) is 1.89. The van der Waals surface area contributed by atoms with Crippen molar-refractivity contribution in [2.24, 2.45) is 0 Å². The van der Waals surface area contributed by atoms with Crippen molar-refractivity contribution in [3.63, 3.8) is 0 Å². The van der Waals surface area contributed by atoms with E-state index in [0.717, 1.165) is 12.4 Å². The Morgan fingerprint density at radius 2 is 2.53 bits per heavy atom. The number of ether oxygens (including phenoxy) is 2. The Bertz CT molecular complexity index is 387. The predicted molar refractivity (Wildman–Crippen MR) is 67.5 cm³/mol. The van der Waals surface area contributed by atoms with Crippen LogP contribution in [0.5, 0.6) is 0 Å². The molecule has 0 amide bonds. The molecule has 2 N–H and O–H groups in total. The monoisotopic (exact) mass is 257 g/mol. The van der Waals surface area contributed by atoms with Gasteiger partial charge < -0.3 is 20.1 Å². The standard InChI is InChI=1S/C11H16ClN3O2/c1-16-6-8-7-17-3-2-15(8)11-4-10(13)9(12)5-14-11/h4-5,8H,2-3,6-7H2,1H3,(H2,13,14). The molecule has 1 atom stereocenters. The number of rotatable bonds is 3. The topological polar surface area (TPSA) is 60.6 Å².